The third-order valence-corrected chi connectivity index (χ3v) is 11.6. The maximum atomic E-state index is 11.8. The fourth-order valence-electron chi connectivity index (χ4n) is 9.71. The first kappa shape index (κ1) is 24.2. The molecule has 0 bridgehead atoms. The smallest absolute Gasteiger partial charge is 0.319 e. The molecule has 5 heteroatoms. The van der Waals surface area contributed by atoms with Gasteiger partial charge >= 0.3 is 5.97 Å². The predicted octanol–water partition coefficient (Wildman–Crippen LogP) is 4.90. The van der Waals surface area contributed by atoms with E-state index in [1.165, 1.54) is 37.7 Å². The van der Waals surface area contributed by atoms with Crippen LogP contribution in [0.25, 0.3) is 0 Å². The Morgan fingerprint density at radius 3 is 2.86 bits per heavy atom. The van der Waals surface area contributed by atoms with Crippen LogP contribution in [0.1, 0.15) is 85.0 Å². The van der Waals surface area contributed by atoms with Gasteiger partial charge in [-0.2, -0.15) is 0 Å². The van der Waals surface area contributed by atoms with Crippen molar-refractivity contribution in [2.45, 2.75) is 109 Å². The minimum absolute atomic E-state index is 0.00749. The first-order valence-electron chi connectivity index (χ1n) is 14.4. The minimum Gasteiger partial charge on any atom is -0.461 e. The number of carbonyl (C=O) groups is 1. The van der Waals surface area contributed by atoms with Gasteiger partial charge in [0, 0.05) is 6.42 Å². The van der Waals surface area contributed by atoms with Crippen molar-refractivity contribution in [1.29, 1.82) is 0 Å². The number of hydrogen-bond acceptors (Lipinski definition) is 5. The second-order valence-electron chi connectivity index (χ2n) is 13.4. The molecule has 0 aromatic rings. The number of esters is 1. The summed E-state index contributed by atoms with van der Waals surface area (Å²) in [7, 11) is 0. The number of hydrogen-bond donors (Lipinski definition) is 2. The molecule has 4 aliphatic carbocycles. The van der Waals surface area contributed by atoms with Gasteiger partial charge in [-0.1, -0.05) is 31.6 Å². The van der Waals surface area contributed by atoms with Gasteiger partial charge in [0.25, 0.3) is 0 Å². The van der Waals surface area contributed by atoms with Crippen LogP contribution in [0, 0.1) is 35.0 Å². The molecule has 2 heterocycles. The van der Waals surface area contributed by atoms with E-state index in [1.807, 2.05) is 0 Å². The highest BCUT2D eigenvalue weighted by Crippen LogP contribution is 2.65. The summed E-state index contributed by atoms with van der Waals surface area (Å²) in [6, 6.07) is 0.340. The number of rotatable bonds is 2. The van der Waals surface area contributed by atoms with Crippen molar-refractivity contribution in [1.82, 2.24) is 5.32 Å². The van der Waals surface area contributed by atoms with E-state index in [9.17, 15) is 4.79 Å². The van der Waals surface area contributed by atoms with Gasteiger partial charge in [0.05, 0.1) is 24.3 Å². The van der Waals surface area contributed by atoms with Crippen molar-refractivity contribution in [2.24, 2.45) is 40.7 Å². The third-order valence-electron chi connectivity index (χ3n) is 11.6. The largest absolute Gasteiger partial charge is 0.461 e. The van der Waals surface area contributed by atoms with Gasteiger partial charge in [-0.25, -0.2) is 0 Å². The van der Waals surface area contributed by atoms with Crippen molar-refractivity contribution in [3.05, 3.63) is 23.3 Å². The molecule has 3 N–H and O–H groups in total. The summed E-state index contributed by atoms with van der Waals surface area (Å²) in [5.41, 5.74) is 10.4. The fraction of sp³-hybridized carbons (Fsp3) is 0.833. The number of nitrogens with one attached hydrogen (secondary N) is 1. The van der Waals surface area contributed by atoms with Crippen molar-refractivity contribution in [2.75, 3.05) is 13.1 Å². The summed E-state index contributed by atoms with van der Waals surface area (Å²) in [6.07, 6.45) is 12.0. The first-order valence-corrected chi connectivity index (χ1v) is 14.4. The second kappa shape index (κ2) is 8.70. The summed E-state index contributed by atoms with van der Waals surface area (Å²) < 4.78 is 12.6. The van der Waals surface area contributed by atoms with Crippen LogP contribution in [-0.4, -0.2) is 42.9 Å². The summed E-state index contributed by atoms with van der Waals surface area (Å²) in [4.78, 5) is 11.8. The van der Waals surface area contributed by atoms with Crippen LogP contribution in [-0.2, 0) is 14.3 Å². The summed E-state index contributed by atoms with van der Waals surface area (Å²) >= 11 is 0. The van der Waals surface area contributed by atoms with Crippen molar-refractivity contribution in [3.63, 3.8) is 0 Å². The zero-order chi connectivity index (χ0) is 24.5. The van der Waals surface area contributed by atoms with E-state index in [0.29, 0.717) is 29.4 Å². The Labute approximate surface area is 211 Å². The van der Waals surface area contributed by atoms with Crippen LogP contribution in [0.3, 0.4) is 0 Å². The Kier molecular flexibility index (Phi) is 6.01. The summed E-state index contributed by atoms with van der Waals surface area (Å²) in [6.45, 7) is 13.0. The van der Waals surface area contributed by atoms with Gasteiger partial charge < -0.3 is 20.5 Å². The first-order chi connectivity index (χ1) is 16.7. The number of nitrogens with two attached hydrogens (primary N) is 1. The normalized spacial score (nSPS) is 49.2. The van der Waals surface area contributed by atoms with E-state index in [4.69, 9.17) is 15.2 Å². The minimum atomic E-state index is -0.245. The standard InChI is InChI=1S/C30H46N2O3/c1-17-11-26-28(32-16-17)19(3)30(35-26)10-8-22-23-6-5-20-12-21(34-27(33)15-31)7-9-29(20,4)25(23)13-24(22)18(2)14-30/h17,20-23,25-26,28,32H,3,5-16,31H2,1-2,4H3/t17-,20?,21?,22-,23?,25-,26?,28-,29?,30?/m0/s1. The van der Waals surface area contributed by atoms with E-state index in [0.717, 1.165) is 56.4 Å². The molecule has 1 spiro atoms. The molecule has 5 nitrogen and oxygen atoms in total. The molecule has 0 amide bonds. The SMILES string of the molecule is C=C1[C@@H]2NC[C@@H](C)CC2OC12CC[C@@H]1C(=C(C)C2)C[C@H]2C1CCC1CC(OC(=O)CN)CCC12C. The van der Waals surface area contributed by atoms with Crippen molar-refractivity contribution in [3.8, 4) is 0 Å². The molecular weight excluding hydrogens is 436 g/mol. The zero-order valence-corrected chi connectivity index (χ0v) is 22.1. The van der Waals surface area contributed by atoms with Crippen LogP contribution in [0.15, 0.2) is 23.3 Å². The molecule has 194 valence electrons. The average molecular weight is 483 g/mol. The number of allylic oxidation sites excluding steroid dienone is 1. The van der Waals surface area contributed by atoms with E-state index < -0.39 is 0 Å². The Morgan fingerprint density at radius 1 is 1.23 bits per heavy atom. The fourth-order valence-corrected chi connectivity index (χ4v) is 9.71. The number of piperidine rings is 1. The zero-order valence-electron chi connectivity index (χ0n) is 22.1. The summed E-state index contributed by atoms with van der Waals surface area (Å²) in [5, 5.41) is 3.76. The van der Waals surface area contributed by atoms with E-state index in [-0.39, 0.29) is 24.2 Å². The Bertz CT molecular complexity index is 929. The molecular formula is C30H46N2O3. The van der Waals surface area contributed by atoms with Crippen LogP contribution in [0.2, 0.25) is 0 Å². The molecule has 0 radical (unpaired) electrons. The molecule has 6 rings (SSSR count). The molecule has 3 saturated carbocycles. The van der Waals surface area contributed by atoms with Crippen LogP contribution in [0.4, 0.5) is 0 Å². The highest BCUT2D eigenvalue weighted by Gasteiger charge is 2.58. The quantitative estimate of drug-likeness (QED) is 0.433. The number of ether oxygens (including phenoxy) is 2. The van der Waals surface area contributed by atoms with Gasteiger partial charge in [0.15, 0.2) is 0 Å². The van der Waals surface area contributed by atoms with E-state index >= 15 is 0 Å². The molecule has 0 aromatic carbocycles. The Morgan fingerprint density at radius 2 is 2.06 bits per heavy atom. The van der Waals surface area contributed by atoms with Crippen LogP contribution < -0.4 is 11.1 Å². The molecule has 6 aliphatic rings. The molecule has 2 saturated heterocycles. The van der Waals surface area contributed by atoms with Gasteiger partial charge in [-0.05, 0) is 112 Å². The monoisotopic (exact) mass is 482 g/mol. The number of carbonyl (C=O) groups excluding carboxylic acids is 1. The molecule has 6 unspecified atom stereocenters. The molecule has 2 aliphatic heterocycles. The number of fused-ring (bicyclic) bond motifs is 6. The van der Waals surface area contributed by atoms with E-state index in [1.54, 1.807) is 11.1 Å². The highest BCUT2D eigenvalue weighted by molar-refractivity contribution is 5.71. The lowest BCUT2D eigenvalue weighted by Gasteiger charge is -2.54. The molecule has 35 heavy (non-hydrogen) atoms. The molecule has 5 fully saturated rings. The Hall–Kier alpha value is -1.17. The molecule has 10 atom stereocenters. The topological polar surface area (TPSA) is 73.6 Å². The lowest BCUT2D eigenvalue weighted by molar-refractivity contribution is -0.155. The average Bonchev–Trinajstić information content (AvgIpc) is 3.29. The van der Waals surface area contributed by atoms with E-state index in [2.05, 4.69) is 32.7 Å². The molecule has 0 aromatic heterocycles. The lowest BCUT2D eigenvalue weighted by Crippen LogP contribution is -2.48. The maximum Gasteiger partial charge on any atom is 0.319 e. The highest BCUT2D eigenvalue weighted by atomic mass is 16.5. The van der Waals surface area contributed by atoms with Gasteiger partial charge in [0.2, 0.25) is 0 Å². The van der Waals surface area contributed by atoms with Crippen molar-refractivity contribution >= 4 is 5.97 Å². The second-order valence-corrected chi connectivity index (χ2v) is 13.4. The lowest BCUT2D eigenvalue weighted by atomic mass is 9.52. The van der Waals surface area contributed by atoms with Gasteiger partial charge in [-0.15, -0.1) is 0 Å². The van der Waals surface area contributed by atoms with Gasteiger partial charge in [0.1, 0.15) is 6.10 Å². The summed E-state index contributed by atoms with van der Waals surface area (Å²) in [5.74, 6) is 3.39. The van der Waals surface area contributed by atoms with Crippen LogP contribution in [0.5, 0.6) is 0 Å². The van der Waals surface area contributed by atoms with Gasteiger partial charge in [-0.3, -0.25) is 4.79 Å². The Balaban J connectivity index is 1.21. The van der Waals surface area contributed by atoms with Crippen LogP contribution >= 0.6 is 0 Å². The maximum absolute atomic E-state index is 11.8. The third kappa shape index (κ3) is 3.78. The predicted molar refractivity (Wildman–Crippen MR) is 138 cm³/mol. The van der Waals surface area contributed by atoms with Crippen molar-refractivity contribution < 1.29 is 14.3 Å².